The molecule has 6 heteroatoms. The number of carbonyl (C=O) groups excluding carboxylic acids is 1. The number of rotatable bonds is 6. The van der Waals surface area contributed by atoms with Crippen molar-refractivity contribution < 1.29 is 22.7 Å². The Bertz CT molecular complexity index is 346. The molecule has 3 nitrogen and oxygen atoms in total. The Morgan fingerprint density at radius 3 is 2.67 bits per heavy atom. The van der Waals surface area contributed by atoms with Gasteiger partial charge in [-0.25, -0.2) is 0 Å². The highest BCUT2D eigenvalue weighted by Crippen LogP contribution is 2.32. The standard InChI is InChI=1S/C15H24F3NO2/c16-15(17,18)11-21-10-4-9-19-8-2-1-6-13(19)12-5-3-7-14(12)20/h12-13H,1-11H2. The van der Waals surface area contributed by atoms with E-state index in [0.717, 1.165) is 45.2 Å². The van der Waals surface area contributed by atoms with Crippen molar-refractivity contribution in [3.8, 4) is 0 Å². The minimum atomic E-state index is -4.25. The van der Waals surface area contributed by atoms with Gasteiger partial charge in [0.15, 0.2) is 0 Å². The minimum absolute atomic E-state index is 0.126. The summed E-state index contributed by atoms with van der Waals surface area (Å²) in [6.07, 6.45) is 2.31. The van der Waals surface area contributed by atoms with E-state index in [1.54, 1.807) is 0 Å². The van der Waals surface area contributed by atoms with E-state index in [-0.39, 0.29) is 12.5 Å². The number of hydrogen-bond acceptors (Lipinski definition) is 3. The van der Waals surface area contributed by atoms with Gasteiger partial charge in [-0.05, 0) is 38.6 Å². The zero-order chi connectivity index (χ0) is 15.3. The maximum Gasteiger partial charge on any atom is 0.411 e. The molecule has 2 atom stereocenters. The van der Waals surface area contributed by atoms with Gasteiger partial charge in [-0.3, -0.25) is 9.69 Å². The molecule has 0 N–H and O–H groups in total. The summed E-state index contributed by atoms with van der Waals surface area (Å²) in [5.74, 6) is 0.529. The maximum atomic E-state index is 12.0. The molecule has 0 aromatic heterocycles. The number of piperidine rings is 1. The number of halogens is 3. The molecule has 0 spiro atoms. The Morgan fingerprint density at radius 1 is 1.19 bits per heavy atom. The van der Waals surface area contributed by atoms with Crippen LogP contribution in [-0.4, -0.2) is 49.2 Å². The van der Waals surface area contributed by atoms with Crippen molar-refractivity contribution in [3.05, 3.63) is 0 Å². The summed E-state index contributed by atoms with van der Waals surface area (Å²) < 4.78 is 40.6. The SMILES string of the molecule is O=C1CCCC1C1CCCCN1CCCOCC(F)(F)F. The molecule has 2 rings (SSSR count). The fraction of sp³-hybridized carbons (Fsp3) is 0.933. The first-order valence-electron chi connectivity index (χ1n) is 7.88. The normalized spacial score (nSPS) is 28.2. The van der Waals surface area contributed by atoms with Crippen LogP contribution in [0.5, 0.6) is 0 Å². The Morgan fingerprint density at radius 2 is 2.00 bits per heavy atom. The van der Waals surface area contributed by atoms with Gasteiger partial charge in [0, 0.05) is 31.5 Å². The van der Waals surface area contributed by atoms with Gasteiger partial charge in [-0.15, -0.1) is 0 Å². The molecule has 0 aromatic carbocycles. The van der Waals surface area contributed by atoms with Crippen molar-refractivity contribution in [1.29, 1.82) is 0 Å². The highest BCUT2D eigenvalue weighted by Gasteiger charge is 2.36. The number of ether oxygens (including phenoxy) is 1. The van der Waals surface area contributed by atoms with E-state index >= 15 is 0 Å². The second-order valence-electron chi connectivity index (χ2n) is 6.09. The Balaban J connectivity index is 1.73. The lowest BCUT2D eigenvalue weighted by Gasteiger charge is -2.38. The molecule has 1 aliphatic carbocycles. The third kappa shape index (κ3) is 5.25. The highest BCUT2D eigenvalue weighted by atomic mass is 19.4. The highest BCUT2D eigenvalue weighted by molar-refractivity contribution is 5.83. The molecule has 1 heterocycles. The predicted molar refractivity (Wildman–Crippen MR) is 73.1 cm³/mol. The van der Waals surface area contributed by atoms with Crippen LogP contribution in [0.3, 0.4) is 0 Å². The number of hydrogen-bond donors (Lipinski definition) is 0. The van der Waals surface area contributed by atoms with E-state index in [1.165, 1.54) is 0 Å². The van der Waals surface area contributed by atoms with Crippen molar-refractivity contribution in [3.63, 3.8) is 0 Å². The first-order valence-corrected chi connectivity index (χ1v) is 7.88. The Labute approximate surface area is 123 Å². The Kier molecular flexibility index (Phi) is 6.05. The van der Waals surface area contributed by atoms with Gasteiger partial charge >= 0.3 is 6.18 Å². The topological polar surface area (TPSA) is 29.5 Å². The van der Waals surface area contributed by atoms with Crippen molar-refractivity contribution in [2.75, 3.05) is 26.3 Å². The third-order valence-corrected chi connectivity index (χ3v) is 4.48. The summed E-state index contributed by atoms with van der Waals surface area (Å²) in [6.45, 7) is 0.638. The van der Waals surface area contributed by atoms with Crippen LogP contribution in [0.25, 0.3) is 0 Å². The molecular formula is C15H24F3NO2. The molecule has 0 bridgehead atoms. The lowest BCUT2D eigenvalue weighted by atomic mass is 9.88. The zero-order valence-electron chi connectivity index (χ0n) is 12.3. The Hall–Kier alpha value is -0.620. The number of Topliss-reactive ketones (excluding diaryl/α,β-unsaturated/α-hetero) is 1. The van der Waals surface area contributed by atoms with Gasteiger partial charge in [0.05, 0.1) is 0 Å². The van der Waals surface area contributed by atoms with E-state index in [1.807, 2.05) is 0 Å². The van der Waals surface area contributed by atoms with Crippen LogP contribution in [0.15, 0.2) is 0 Å². The number of likely N-dealkylation sites (tertiary alicyclic amines) is 1. The molecule has 2 unspecified atom stereocenters. The predicted octanol–water partition coefficient (Wildman–Crippen LogP) is 3.18. The molecular weight excluding hydrogens is 283 g/mol. The second kappa shape index (κ2) is 7.58. The number of carbonyl (C=O) groups is 1. The molecule has 2 fully saturated rings. The third-order valence-electron chi connectivity index (χ3n) is 4.48. The van der Waals surface area contributed by atoms with E-state index in [0.29, 0.717) is 24.7 Å². The van der Waals surface area contributed by atoms with Crippen LogP contribution < -0.4 is 0 Å². The second-order valence-corrected chi connectivity index (χ2v) is 6.09. The largest absolute Gasteiger partial charge is 0.411 e. The van der Waals surface area contributed by atoms with Gasteiger partial charge in [-0.2, -0.15) is 13.2 Å². The van der Waals surface area contributed by atoms with E-state index in [2.05, 4.69) is 9.64 Å². The van der Waals surface area contributed by atoms with Crippen LogP contribution in [0, 0.1) is 5.92 Å². The number of nitrogens with zero attached hydrogens (tertiary/aromatic N) is 1. The van der Waals surface area contributed by atoms with Gasteiger partial charge < -0.3 is 4.74 Å². The summed E-state index contributed by atoms with van der Waals surface area (Å²) >= 11 is 0. The molecule has 1 aliphatic heterocycles. The lowest BCUT2D eigenvalue weighted by molar-refractivity contribution is -0.174. The molecule has 0 aromatic rings. The first kappa shape index (κ1) is 16.7. The van der Waals surface area contributed by atoms with E-state index in [9.17, 15) is 18.0 Å². The fourth-order valence-corrected chi connectivity index (χ4v) is 3.56. The minimum Gasteiger partial charge on any atom is -0.372 e. The van der Waals surface area contributed by atoms with Gasteiger partial charge in [0.2, 0.25) is 0 Å². The molecule has 2 aliphatic rings. The van der Waals surface area contributed by atoms with Crippen molar-refractivity contribution in [2.24, 2.45) is 5.92 Å². The van der Waals surface area contributed by atoms with Gasteiger partial charge in [0.25, 0.3) is 0 Å². The quantitative estimate of drug-likeness (QED) is 0.706. The average Bonchev–Trinajstić information content (AvgIpc) is 2.84. The van der Waals surface area contributed by atoms with E-state index in [4.69, 9.17) is 0 Å². The number of alkyl halides is 3. The molecule has 1 saturated carbocycles. The summed E-state index contributed by atoms with van der Waals surface area (Å²) in [4.78, 5) is 14.2. The average molecular weight is 307 g/mol. The molecule has 1 saturated heterocycles. The summed E-state index contributed by atoms with van der Waals surface area (Å²) in [5, 5.41) is 0. The van der Waals surface area contributed by atoms with Crippen LogP contribution in [0.2, 0.25) is 0 Å². The lowest BCUT2D eigenvalue weighted by Crippen LogP contribution is -2.46. The maximum absolute atomic E-state index is 12.0. The molecule has 0 radical (unpaired) electrons. The van der Waals surface area contributed by atoms with Crippen molar-refractivity contribution in [1.82, 2.24) is 4.90 Å². The van der Waals surface area contributed by atoms with E-state index < -0.39 is 12.8 Å². The monoisotopic (exact) mass is 307 g/mol. The van der Waals surface area contributed by atoms with Crippen molar-refractivity contribution in [2.45, 2.75) is 57.2 Å². The van der Waals surface area contributed by atoms with Crippen molar-refractivity contribution >= 4 is 5.78 Å². The smallest absolute Gasteiger partial charge is 0.372 e. The summed E-state index contributed by atoms with van der Waals surface area (Å²) in [5.41, 5.74) is 0. The summed E-state index contributed by atoms with van der Waals surface area (Å²) in [7, 11) is 0. The first-order chi connectivity index (χ1) is 9.97. The fourth-order valence-electron chi connectivity index (χ4n) is 3.56. The van der Waals surface area contributed by atoms with Crippen LogP contribution >= 0.6 is 0 Å². The van der Waals surface area contributed by atoms with Crippen LogP contribution in [0.1, 0.15) is 44.9 Å². The molecule has 122 valence electrons. The molecule has 0 amide bonds. The van der Waals surface area contributed by atoms with Gasteiger partial charge in [0.1, 0.15) is 12.4 Å². The van der Waals surface area contributed by atoms with Crippen LogP contribution in [-0.2, 0) is 9.53 Å². The zero-order valence-corrected chi connectivity index (χ0v) is 12.3. The van der Waals surface area contributed by atoms with Gasteiger partial charge in [-0.1, -0.05) is 6.42 Å². The summed E-state index contributed by atoms with van der Waals surface area (Å²) in [6, 6.07) is 0.302. The van der Waals surface area contributed by atoms with Crippen LogP contribution in [0.4, 0.5) is 13.2 Å². The molecule has 21 heavy (non-hydrogen) atoms. The number of ketones is 1.